The molecule has 0 aliphatic carbocycles. The second-order valence-electron chi connectivity index (χ2n) is 7.16. The number of aryl methyl sites for hydroxylation is 1. The van der Waals surface area contributed by atoms with E-state index in [-0.39, 0.29) is 35.8 Å². The highest BCUT2D eigenvalue weighted by Gasteiger charge is 2.08. The third-order valence-corrected chi connectivity index (χ3v) is 5.05. The van der Waals surface area contributed by atoms with Crippen molar-refractivity contribution >= 4 is 39.8 Å². The third-order valence-electron chi connectivity index (χ3n) is 4.19. The quantitative estimate of drug-likeness (QED) is 0.286. The Morgan fingerprint density at radius 2 is 1.70 bits per heavy atom. The van der Waals surface area contributed by atoms with Gasteiger partial charge in [0, 0.05) is 12.8 Å². The van der Waals surface area contributed by atoms with Crippen LogP contribution in [0.1, 0.15) is 30.5 Å². The van der Waals surface area contributed by atoms with E-state index in [0.717, 1.165) is 29.0 Å². The number of rotatable bonds is 9. The van der Waals surface area contributed by atoms with E-state index in [1.54, 1.807) is 0 Å². The maximum absolute atomic E-state index is 11.4. The van der Waals surface area contributed by atoms with Crippen LogP contribution < -0.4 is 15.4 Å². The highest BCUT2D eigenvalue weighted by atomic mass is 127. The van der Waals surface area contributed by atoms with Crippen molar-refractivity contribution in [1.29, 1.82) is 0 Å². The van der Waals surface area contributed by atoms with E-state index in [1.807, 2.05) is 69.3 Å². The Morgan fingerprint density at radius 1 is 1.07 bits per heavy atom. The molecule has 2 aromatic rings. The number of sulfone groups is 1. The molecular formula is C22H32IN3O3S. The van der Waals surface area contributed by atoms with E-state index < -0.39 is 9.84 Å². The van der Waals surface area contributed by atoms with E-state index in [4.69, 9.17) is 4.74 Å². The molecule has 0 radical (unpaired) electrons. The second kappa shape index (κ2) is 12.8. The Kier molecular flexibility index (Phi) is 11.2. The smallest absolute Gasteiger partial charge is 0.191 e. The molecule has 0 heterocycles. The molecule has 0 spiro atoms. The lowest BCUT2D eigenvalue weighted by Crippen LogP contribution is -2.41. The first-order chi connectivity index (χ1) is 13.8. The molecule has 8 heteroatoms. The highest BCUT2D eigenvalue weighted by Crippen LogP contribution is 2.17. The van der Waals surface area contributed by atoms with E-state index >= 15 is 0 Å². The van der Waals surface area contributed by atoms with E-state index in [0.29, 0.717) is 19.0 Å². The first-order valence-electron chi connectivity index (χ1n) is 9.77. The summed E-state index contributed by atoms with van der Waals surface area (Å²) in [4.78, 5) is 4.61. The maximum atomic E-state index is 11.4. The zero-order valence-corrected chi connectivity index (χ0v) is 21.2. The summed E-state index contributed by atoms with van der Waals surface area (Å²) in [6.45, 7) is 7.94. The van der Waals surface area contributed by atoms with E-state index in [9.17, 15) is 8.42 Å². The number of aliphatic imine (C=N–C) groups is 1. The van der Waals surface area contributed by atoms with Gasteiger partial charge in [-0.3, -0.25) is 0 Å². The van der Waals surface area contributed by atoms with Crippen molar-refractivity contribution in [3.63, 3.8) is 0 Å². The van der Waals surface area contributed by atoms with Gasteiger partial charge in [0.05, 0.1) is 18.8 Å². The minimum atomic E-state index is -3.02. The molecule has 2 rings (SSSR count). The number of hydrogen-bond acceptors (Lipinski definition) is 4. The van der Waals surface area contributed by atoms with Crippen LogP contribution in [0.2, 0.25) is 0 Å². The fourth-order valence-electron chi connectivity index (χ4n) is 2.74. The number of halogens is 1. The van der Waals surface area contributed by atoms with Crippen molar-refractivity contribution in [1.82, 2.24) is 10.6 Å². The molecule has 166 valence electrons. The Bertz CT molecular complexity index is 915. The van der Waals surface area contributed by atoms with Crippen molar-refractivity contribution in [2.75, 3.05) is 19.3 Å². The fourth-order valence-corrected chi connectivity index (χ4v) is 3.54. The summed E-state index contributed by atoms with van der Waals surface area (Å²) in [6, 6.07) is 15.5. The molecule has 6 nitrogen and oxygen atoms in total. The first-order valence-corrected chi connectivity index (χ1v) is 11.8. The number of ether oxygens (including phenoxy) is 1. The van der Waals surface area contributed by atoms with Gasteiger partial charge in [-0.1, -0.05) is 42.5 Å². The van der Waals surface area contributed by atoms with Crippen LogP contribution in [0.5, 0.6) is 5.75 Å². The molecule has 0 amide bonds. The summed E-state index contributed by atoms with van der Waals surface area (Å²) in [6.07, 6.45) is 1.22. The van der Waals surface area contributed by atoms with Crippen molar-refractivity contribution in [2.45, 2.75) is 39.2 Å². The predicted molar refractivity (Wildman–Crippen MR) is 134 cm³/mol. The molecule has 1 atom stereocenters. The van der Waals surface area contributed by atoms with Crippen LogP contribution in [0.4, 0.5) is 0 Å². The summed E-state index contributed by atoms with van der Waals surface area (Å²) in [5, 5.41) is 6.54. The van der Waals surface area contributed by atoms with Gasteiger partial charge in [0.2, 0.25) is 0 Å². The van der Waals surface area contributed by atoms with Gasteiger partial charge < -0.3 is 15.4 Å². The first kappa shape index (κ1) is 26.2. The van der Waals surface area contributed by atoms with Crippen LogP contribution in [-0.4, -0.2) is 39.8 Å². The molecule has 0 bridgehead atoms. The molecule has 0 fully saturated rings. The van der Waals surface area contributed by atoms with Gasteiger partial charge in [0.15, 0.2) is 15.8 Å². The molecule has 0 aliphatic heterocycles. The molecule has 2 N–H and O–H groups in total. The van der Waals surface area contributed by atoms with Gasteiger partial charge in [-0.05, 0) is 43.5 Å². The molecule has 2 aromatic carbocycles. The Morgan fingerprint density at radius 3 is 2.30 bits per heavy atom. The van der Waals surface area contributed by atoms with Gasteiger partial charge in [-0.25, -0.2) is 13.4 Å². The zero-order chi connectivity index (χ0) is 21.3. The normalized spacial score (nSPS) is 12.6. The number of hydrogen-bond donors (Lipinski definition) is 2. The SMILES string of the molecule is CCNC(=NCc1ccc(CS(C)(=O)=O)cc1)NCC(C)Oc1ccccc1C.I. The third kappa shape index (κ3) is 9.80. The van der Waals surface area contributed by atoms with Gasteiger partial charge in [0.25, 0.3) is 0 Å². The van der Waals surface area contributed by atoms with Crippen LogP contribution in [-0.2, 0) is 22.1 Å². The van der Waals surface area contributed by atoms with Gasteiger partial charge >= 0.3 is 0 Å². The number of benzene rings is 2. The van der Waals surface area contributed by atoms with Gasteiger partial charge in [0.1, 0.15) is 11.9 Å². The zero-order valence-electron chi connectivity index (χ0n) is 18.0. The van der Waals surface area contributed by atoms with E-state index in [2.05, 4.69) is 15.6 Å². The Labute approximate surface area is 197 Å². The fraction of sp³-hybridized carbons (Fsp3) is 0.409. The van der Waals surface area contributed by atoms with Crippen molar-refractivity contribution < 1.29 is 13.2 Å². The number of nitrogens with one attached hydrogen (secondary N) is 2. The summed E-state index contributed by atoms with van der Waals surface area (Å²) >= 11 is 0. The topological polar surface area (TPSA) is 79.8 Å². The lowest BCUT2D eigenvalue weighted by Gasteiger charge is -2.18. The van der Waals surface area contributed by atoms with E-state index in [1.165, 1.54) is 6.26 Å². The Balaban J connectivity index is 0.00000450. The standard InChI is InChI=1S/C22H31N3O3S.HI/c1-5-23-22(24-14-18(3)28-21-9-7-6-8-17(21)2)25-15-19-10-12-20(13-11-19)16-29(4,26)27;/h6-13,18H,5,14-16H2,1-4H3,(H2,23,24,25);1H. The molecule has 1 unspecified atom stereocenters. The highest BCUT2D eigenvalue weighted by molar-refractivity contribution is 14.0. The largest absolute Gasteiger partial charge is 0.489 e. The average molecular weight is 545 g/mol. The predicted octanol–water partition coefficient (Wildman–Crippen LogP) is 3.68. The van der Waals surface area contributed by atoms with Gasteiger partial charge in [-0.2, -0.15) is 0 Å². The number of guanidine groups is 1. The summed E-state index contributed by atoms with van der Waals surface area (Å²) in [5.41, 5.74) is 2.91. The van der Waals surface area contributed by atoms with Crippen molar-refractivity contribution in [3.8, 4) is 5.75 Å². The van der Waals surface area contributed by atoms with Crippen LogP contribution in [0.15, 0.2) is 53.5 Å². The van der Waals surface area contributed by atoms with Crippen molar-refractivity contribution in [2.24, 2.45) is 4.99 Å². The van der Waals surface area contributed by atoms with Crippen molar-refractivity contribution in [3.05, 3.63) is 65.2 Å². The summed E-state index contributed by atoms with van der Waals surface area (Å²) in [5.74, 6) is 1.66. The molecule has 0 saturated carbocycles. The van der Waals surface area contributed by atoms with Crippen LogP contribution in [0.3, 0.4) is 0 Å². The molecule has 0 saturated heterocycles. The average Bonchev–Trinajstić information content (AvgIpc) is 2.66. The number of nitrogens with zero attached hydrogens (tertiary/aromatic N) is 1. The maximum Gasteiger partial charge on any atom is 0.191 e. The summed E-state index contributed by atoms with van der Waals surface area (Å²) < 4.78 is 28.8. The monoisotopic (exact) mass is 545 g/mol. The van der Waals surface area contributed by atoms with Crippen LogP contribution >= 0.6 is 24.0 Å². The second-order valence-corrected chi connectivity index (χ2v) is 9.30. The van der Waals surface area contributed by atoms with Crippen LogP contribution in [0, 0.1) is 6.92 Å². The minimum Gasteiger partial charge on any atom is -0.489 e. The summed E-state index contributed by atoms with van der Waals surface area (Å²) in [7, 11) is -3.02. The lowest BCUT2D eigenvalue weighted by atomic mass is 10.1. The molecule has 0 aromatic heterocycles. The van der Waals surface area contributed by atoms with Crippen LogP contribution in [0.25, 0.3) is 0 Å². The molecular weight excluding hydrogens is 513 g/mol. The minimum absolute atomic E-state index is 0. The Hall–Kier alpha value is -1.81. The molecule has 30 heavy (non-hydrogen) atoms. The molecule has 0 aliphatic rings. The number of para-hydroxylation sites is 1. The lowest BCUT2D eigenvalue weighted by molar-refractivity contribution is 0.222. The van der Waals surface area contributed by atoms with Gasteiger partial charge in [-0.15, -0.1) is 24.0 Å².